The van der Waals surface area contributed by atoms with E-state index in [9.17, 15) is 5.11 Å². The van der Waals surface area contributed by atoms with Gasteiger partial charge in [-0.15, -0.1) is 11.3 Å². The molecule has 92 valence electrons. The van der Waals surface area contributed by atoms with Gasteiger partial charge in [-0.1, -0.05) is 6.07 Å². The van der Waals surface area contributed by atoms with Crippen molar-refractivity contribution < 1.29 is 9.84 Å². The Morgan fingerprint density at radius 2 is 2.18 bits per heavy atom. The maximum Gasteiger partial charge on any atom is 0.0961 e. The lowest BCUT2D eigenvalue weighted by atomic mass is 10.4. The highest BCUT2D eigenvalue weighted by Gasteiger charge is 2.04. The summed E-state index contributed by atoms with van der Waals surface area (Å²) in [5.74, 6) is 0. The first-order valence-electron chi connectivity index (χ1n) is 5.49. The molecular weight excluding hydrogens is 236 g/mol. The summed E-state index contributed by atoms with van der Waals surface area (Å²) in [6.07, 6.45) is 3.27. The van der Waals surface area contributed by atoms with Crippen LogP contribution in [0.2, 0.25) is 0 Å². The number of ether oxygens (including phenoxy) is 1. The number of rotatable bonds is 7. The molecule has 0 radical (unpaired) electrons. The maximum atomic E-state index is 9.68. The smallest absolute Gasteiger partial charge is 0.0961 e. The quantitative estimate of drug-likeness (QED) is 0.788. The molecule has 17 heavy (non-hydrogen) atoms. The van der Waals surface area contributed by atoms with Crippen LogP contribution >= 0.6 is 11.3 Å². The molecule has 0 saturated carbocycles. The normalized spacial score (nSPS) is 12.5. The molecule has 2 aromatic rings. The predicted octanol–water partition coefficient (Wildman–Crippen LogP) is 1.67. The molecule has 1 atom stereocenters. The molecule has 2 N–H and O–H groups in total. The standard InChI is InChI=1S/C12H16N2O2S/c15-11(8-13-14-5-1-2-6-14)9-16-10-12-4-3-7-17-12/h1-7,11,13,15H,8-10H2. The molecule has 0 spiro atoms. The van der Waals surface area contributed by atoms with Gasteiger partial charge in [0.25, 0.3) is 0 Å². The van der Waals surface area contributed by atoms with Gasteiger partial charge in [-0.2, -0.15) is 0 Å². The fourth-order valence-corrected chi connectivity index (χ4v) is 2.04. The Bertz CT molecular complexity index is 400. The Morgan fingerprint density at radius 3 is 2.88 bits per heavy atom. The summed E-state index contributed by atoms with van der Waals surface area (Å²) in [7, 11) is 0. The first-order valence-corrected chi connectivity index (χ1v) is 6.37. The zero-order chi connectivity index (χ0) is 11.9. The Morgan fingerprint density at radius 1 is 1.35 bits per heavy atom. The minimum atomic E-state index is -0.502. The van der Waals surface area contributed by atoms with Crippen molar-refractivity contribution in [2.45, 2.75) is 12.7 Å². The topological polar surface area (TPSA) is 46.4 Å². The summed E-state index contributed by atoms with van der Waals surface area (Å²) in [5, 5.41) is 11.7. The molecule has 5 heteroatoms. The van der Waals surface area contributed by atoms with Crippen LogP contribution in [0.3, 0.4) is 0 Å². The van der Waals surface area contributed by atoms with Gasteiger partial charge >= 0.3 is 0 Å². The van der Waals surface area contributed by atoms with E-state index in [2.05, 4.69) is 5.43 Å². The van der Waals surface area contributed by atoms with Crippen molar-refractivity contribution >= 4 is 11.3 Å². The molecule has 4 nitrogen and oxygen atoms in total. The molecule has 2 rings (SSSR count). The van der Waals surface area contributed by atoms with E-state index in [-0.39, 0.29) is 0 Å². The van der Waals surface area contributed by atoms with Gasteiger partial charge in [0.05, 0.1) is 25.9 Å². The molecule has 0 fully saturated rings. The zero-order valence-electron chi connectivity index (χ0n) is 9.45. The Hall–Kier alpha value is -1.30. The average Bonchev–Trinajstić information content (AvgIpc) is 2.99. The molecule has 1 unspecified atom stereocenters. The lowest BCUT2D eigenvalue weighted by Crippen LogP contribution is -2.28. The van der Waals surface area contributed by atoms with Crippen LogP contribution < -0.4 is 5.43 Å². The first-order chi connectivity index (χ1) is 8.34. The Balaban J connectivity index is 1.59. The fourth-order valence-electron chi connectivity index (χ4n) is 1.40. The third kappa shape index (κ3) is 4.22. The monoisotopic (exact) mass is 252 g/mol. The van der Waals surface area contributed by atoms with Crippen LogP contribution in [-0.2, 0) is 11.3 Å². The highest BCUT2D eigenvalue weighted by Crippen LogP contribution is 2.09. The van der Waals surface area contributed by atoms with Crippen molar-refractivity contribution in [3.63, 3.8) is 0 Å². The van der Waals surface area contributed by atoms with Crippen molar-refractivity contribution in [1.82, 2.24) is 4.68 Å². The van der Waals surface area contributed by atoms with Crippen LogP contribution in [0.5, 0.6) is 0 Å². The number of hydrogen-bond acceptors (Lipinski definition) is 4. The molecule has 0 aliphatic carbocycles. The number of nitrogens with one attached hydrogen (secondary N) is 1. The van der Waals surface area contributed by atoms with E-state index < -0.39 is 6.10 Å². The molecule has 2 aromatic heterocycles. The number of aromatic nitrogens is 1. The van der Waals surface area contributed by atoms with Gasteiger partial charge in [0, 0.05) is 17.3 Å². The number of aliphatic hydroxyl groups excluding tert-OH is 1. The third-order valence-electron chi connectivity index (χ3n) is 2.25. The summed E-state index contributed by atoms with van der Waals surface area (Å²) >= 11 is 1.66. The Labute approximate surface area is 104 Å². The van der Waals surface area contributed by atoms with Crippen molar-refractivity contribution in [1.29, 1.82) is 0 Å². The van der Waals surface area contributed by atoms with Gasteiger partial charge in [-0.05, 0) is 23.6 Å². The summed E-state index contributed by atoms with van der Waals surface area (Å²) in [6.45, 7) is 1.38. The molecule has 0 aromatic carbocycles. The number of thiophene rings is 1. The fraction of sp³-hybridized carbons (Fsp3) is 0.333. The summed E-state index contributed by atoms with van der Waals surface area (Å²) in [5.41, 5.74) is 3.06. The second kappa shape index (κ2) is 6.44. The van der Waals surface area contributed by atoms with E-state index in [1.807, 2.05) is 46.7 Å². The Kier molecular flexibility index (Phi) is 4.61. The highest BCUT2D eigenvalue weighted by molar-refractivity contribution is 7.09. The van der Waals surface area contributed by atoms with Crippen LogP contribution in [0.1, 0.15) is 4.88 Å². The minimum Gasteiger partial charge on any atom is -0.389 e. The molecule has 0 aliphatic heterocycles. The number of nitrogens with zero attached hydrogens (tertiary/aromatic N) is 1. The van der Waals surface area contributed by atoms with E-state index in [1.165, 1.54) is 4.88 Å². The van der Waals surface area contributed by atoms with E-state index in [0.717, 1.165) is 0 Å². The minimum absolute atomic E-state index is 0.339. The average molecular weight is 252 g/mol. The SMILES string of the molecule is OC(CNn1cccc1)COCc1cccs1. The maximum absolute atomic E-state index is 9.68. The largest absolute Gasteiger partial charge is 0.389 e. The summed E-state index contributed by atoms with van der Waals surface area (Å²) in [4.78, 5) is 1.18. The van der Waals surface area contributed by atoms with Crippen molar-refractivity contribution in [2.24, 2.45) is 0 Å². The van der Waals surface area contributed by atoms with Gasteiger partial charge in [-0.25, -0.2) is 0 Å². The second-order valence-corrected chi connectivity index (χ2v) is 4.73. The number of hydrogen-bond donors (Lipinski definition) is 2. The summed E-state index contributed by atoms with van der Waals surface area (Å²) in [6, 6.07) is 7.86. The highest BCUT2D eigenvalue weighted by atomic mass is 32.1. The first kappa shape index (κ1) is 12.2. The van der Waals surface area contributed by atoms with E-state index in [0.29, 0.717) is 19.8 Å². The van der Waals surface area contributed by atoms with Crippen LogP contribution in [-0.4, -0.2) is 29.0 Å². The van der Waals surface area contributed by atoms with Gasteiger partial charge in [0.15, 0.2) is 0 Å². The van der Waals surface area contributed by atoms with E-state index in [1.54, 1.807) is 11.3 Å². The van der Waals surface area contributed by atoms with Gasteiger partial charge in [0.2, 0.25) is 0 Å². The van der Waals surface area contributed by atoms with Crippen molar-refractivity contribution in [3.05, 3.63) is 46.9 Å². The zero-order valence-corrected chi connectivity index (χ0v) is 10.3. The van der Waals surface area contributed by atoms with Crippen LogP contribution in [0, 0.1) is 0 Å². The molecule has 0 aliphatic rings. The lowest BCUT2D eigenvalue weighted by Gasteiger charge is -2.13. The molecule has 0 bridgehead atoms. The molecule has 0 saturated heterocycles. The van der Waals surface area contributed by atoms with Gasteiger partial charge < -0.3 is 15.3 Å². The van der Waals surface area contributed by atoms with Crippen molar-refractivity contribution in [3.8, 4) is 0 Å². The lowest BCUT2D eigenvalue weighted by molar-refractivity contribution is 0.0347. The summed E-state index contributed by atoms with van der Waals surface area (Å²) < 4.78 is 7.23. The van der Waals surface area contributed by atoms with E-state index in [4.69, 9.17) is 4.74 Å². The molecular formula is C12H16N2O2S. The van der Waals surface area contributed by atoms with Crippen molar-refractivity contribution in [2.75, 3.05) is 18.6 Å². The molecule has 2 heterocycles. The number of aliphatic hydroxyl groups is 1. The third-order valence-corrected chi connectivity index (χ3v) is 3.10. The van der Waals surface area contributed by atoms with Gasteiger partial charge in [-0.3, -0.25) is 4.68 Å². The second-order valence-electron chi connectivity index (χ2n) is 3.70. The molecule has 0 amide bonds. The van der Waals surface area contributed by atoms with Crippen LogP contribution in [0.4, 0.5) is 0 Å². The van der Waals surface area contributed by atoms with Gasteiger partial charge in [0.1, 0.15) is 0 Å². The van der Waals surface area contributed by atoms with Crippen LogP contribution in [0.15, 0.2) is 42.0 Å². The van der Waals surface area contributed by atoms with E-state index >= 15 is 0 Å². The van der Waals surface area contributed by atoms with Crippen LogP contribution in [0.25, 0.3) is 0 Å². The predicted molar refractivity (Wildman–Crippen MR) is 68.6 cm³/mol.